The van der Waals surface area contributed by atoms with Gasteiger partial charge in [0, 0.05) is 18.5 Å². The lowest BCUT2D eigenvalue weighted by molar-refractivity contribution is -0.140. The smallest absolute Gasteiger partial charge is 0.326 e. The number of anilines is 1. The predicted molar refractivity (Wildman–Crippen MR) is 104 cm³/mol. The average Bonchev–Trinajstić information content (AvgIpc) is 2.65. The van der Waals surface area contributed by atoms with Gasteiger partial charge in [-0.25, -0.2) is 4.79 Å². The van der Waals surface area contributed by atoms with E-state index < -0.39 is 12.0 Å². The largest absolute Gasteiger partial charge is 0.480 e. The van der Waals surface area contributed by atoms with E-state index in [9.17, 15) is 14.4 Å². The zero-order valence-corrected chi connectivity index (χ0v) is 15.7. The molecule has 1 aromatic carbocycles. The number of hydrogen-bond donors (Lipinski definition) is 5. The van der Waals surface area contributed by atoms with E-state index >= 15 is 0 Å². The molecule has 148 valence electrons. The first-order valence-electron chi connectivity index (χ1n) is 8.85. The number of carboxylic acids is 1. The van der Waals surface area contributed by atoms with Gasteiger partial charge in [0.05, 0.1) is 6.17 Å². The number of benzene rings is 1. The number of carbonyl (C=O) groups excluding carboxylic acids is 2. The van der Waals surface area contributed by atoms with E-state index in [1.165, 1.54) is 0 Å². The van der Waals surface area contributed by atoms with E-state index in [0.717, 1.165) is 5.56 Å². The van der Waals surface area contributed by atoms with Crippen LogP contribution in [-0.2, 0) is 20.8 Å². The summed E-state index contributed by atoms with van der Waals surface area (Å²) in [5, 5.41) is 20.5. The first-order valence-corrected chi connectivity index (χ1v) is 8.85. The molecule has 8 nitrogen and oxygen atoms in total. The maximum Gasteiger partial charge on any atom is 0.326 e. The Kier molecular flexibility index (Phi) is 10.4. The summed E-state index contributed by atoms with van der Waals surface area (Å²) in [7, 11) is 1.86. The maximum atomic E-state index is 12.0. The molecule has 2 unspecified atom stereocenters. The highest BCUT2D eigenvalue weighted by atomic mass is 16.4. The number of allylic oxidation sites excluding steroid dienone is 1. The summed E-state index contributed by atoms with van der Waals surface area (Å²) < 4.78 is 0. The number of hydrogen-bond acceptors (Lipinski definition) is 5. The minimum absolute atomic E-state index is 0.0809. The Balaban J connectivity index is 2.40. The lowest BCUT2D eigenvalue weighted by Gasteiger charge is -2.14. The van der Waals surface area contributed by atoms with Crippen LogP contribution >= 0.6 is 0 Å². The van der Waals surface area contributed by atoms with Crippen LogP contribution in [0.5, 0.6) is 0 Å². The summed E-state index contributed by atoms with van der Waals surface area (Å²) in [5.41, 5.74) is 1.40. The monoisotopic (exact) mass is 376 g/mol. The molecule has 2 atom stereocenters. The normalized spacial score (nSPS) is 13.1. The van der Waals surface area contributed by atoms with Crippen molar-refractivity contribution in [3.63, 3.8) is 0 Å². The molecule has 27 heavy (non-hydrogen) atoms. The Morgan fingerprint density at radius 3 is 2.48 bits per heavy atom. The second kappa shape index (κ2) is 12.6. The van der Waals surface area contributed by atoms with Crippen molar-refractivity contribution in [1.29, 1.82) is 0 Å². The first-order chi connectivity index (χ1) is 13.0. The van der Waals surface area contributed by atoms with Crippen molar-refractivity contribution in [2.75, 3.05) is 18.9 Å². The van der Waals surface area contributed by atoms with Crippen LogP contribution in [0.2, 0.25) is 0 Å². The van der Waals surface area contributed by atoms with Gasteiger partial charge in [0.2, 0.25) is 12.3 Å². The number of amides is 2. The third-order valence-electron chi connectivity index (χ3n) is 3.89. The molecular weight excluding hydrogens is 348 g/mol. The van der Waals surface area contributed by atoms with E-state index in [1.807, 2.05) is 26.1 Å². The molecule has 1 rings (SSSR count). The van der Waals surface area contributed by atoms with Crippen LogP contribution in [-0.4, -0.2) is 49.2 Å². The highest BCUT2D eigenvalue weighted by Gasteiger charge is 2.16. The molecule has 0 aromatic heterocycles. The summed E-state index contributed by atoms with van der Waals surface area (Å²) in [4.78, 5) is 33.5. The van der Waals surface area contributed by atoms with Crippen LogP contribution in [0.3, 0.4) is 0 Å². The van der Waals surface area contributed by atoms with Crippen LogP contribution in [0.25, 0.3) is 0 Å². The maximum absolute atomic E-state index is 12.0. The molecule has 0 bridgehead atoms. The Labute approximate surface area is 159 Å². The molecular formula is C19H28N4O4. The third kappa shape index (κ3) is 8.98. The number of rotatable bonds is 13. The second-order valence-corrected chi connectivity index (χ2v) is 5.97. The Morgan fingerprint density at radius 2 is 1.93 bits per heavy atom. The molecule has 0 saturated heterocycles. The lowest BCUT2D eigenvalue weighted by atomic mass is 10.1. The fourth-order valence-electron chi connectivity index (χ4n) is 2.45. The van der Waals surface area contributed by atoms with Gasteiger partial charge in [-0.2, -0.15) is 0 Å². The number of carboxylic acid groups (broad SMARTS) is 1. The topological polar surface area (TPSA) is 120 Å². The van der Waals surface area contributed by atoms with Gasteiger partial charge in [0.15, 0.2) is 0 Å². The number of nitrogens with one attached hydrogen (secondary N) is 4. The van der Waals surface area contributed by atoms with Gasteiger partial charge in [-0.3, -0.25) is 14.9 Å². The van der Waals surface area contributed by atoms with E-state index in [0.29, 0.717) is 31.5 Å². The van der Waals surface area contributed by atoms with Gasteiger partial charge in [-0.15, -0.1) is 0 Å². The van der Waals surface area contributed by atoms with Crippen molar-refractivity contribution < 1.29 is 19.5 Å². The molecule has 2 amide bonds. The number of likely N-dealkylation sites (N-methyl/N-ethyl adjacent to an activating group) is 1. The summed E-state index contributed by atoms with van der Waals surface area (Å²) in [5.74, 6) is -1.18. The summed E-state index contributed by atoms with van der Waals surface area (Å²) in [6.07, 6.45) is 5.70. The van der Waals surface area contributed by atoms with E-state index in [1.54, 1.807) is 24.3 Å². The van der Waals surface area contributed by atoms with Crippen molar-refractivity contribution >= 4 is 24.0 Å². The fraction of sp³-hybridized carbons (Fsp3) is 0.421. The molecule has 0 spiro atoms. The molecule has 5 N–H and O–H groups in total. The summed E-state index contributed by atoms with van der Waals surface area (Å²) in [6.45, 7) is 2.66. The third-order valence-corrected chi connectivity index (χ3v) is 3.89. The number of aliphatic carboxylic acids is 1. The van der Waals surface area contributed by atoms with Crippen LogP contribution < -0.4 is 21.3 Å². The lowest BCUT2D eigenvalue weighted by Crippen LogP contribution is -2.39. The zero-order valence-electron chi connectivity index (χ0n) is 15.7. The van der Waals surface area contributed by atoms with Crippen LogP contribution in [0, 0.1) is 0 Å². The van der Waals surface area contributed by atoms with Crippen LogP contribution in [0.1, 0.15) is 25.3 Å². The van der Waals surface area contributed by atoms with Gasteiger partial charge < -0.3 is 21.1 Å². The van der Waals surface area contributed by atoms with E-state index in [4.69, 9.17) is 5.11 Å². The molecule has 0 aliphatic heterocycles. The van der Waals surface area contributed by atoms with Gasteiger partial charge in [0.25, 0.3) is 0 Å². The molecule has 0 fully saturated rings. The average molecular weight is 376 g/mol. The van der Waals surface area contributed by atoms with E-state index in [-0.39, 0.29) is 18.5 Å². The van der Waals surface area contributed by atoms with Crippen LogP contribution in [0.4, 0.5) is 5.69 Å². The summed E-state index contributed by atoms with van der Waals surface area (Å²) >= 11 is 0. The zero-order chi connectivity index (χ0) is 20.1. The fourth-order valence-corrected chi connectivity index (χ4v) is 2.45. The molecule has 0 heterocycles. The first kappa shape index (κ1) is 22.3. The van der Waals surface area contributed by atoms with Gasteiger partial charge in [-0.1, -0.05) is 24.3 Å². The van der Waals surface area contributed by atoms with Gasteiger partial charge >= 0.3 is 5.97 Å². The van der Waals surface area contributed by atoms with Crippen LogP contribution in [0.15, 0.2) is 36.4 Å². The molecule has 0 radical (unpaired) electrons. The molecule has 0 saturated carbocycles. The van der Waals surface area contributed by atoms with Gasteiger partial charge in [-0.05, 0) is 44.6 Å². The quantitative estimate of drug-likeness (QED) is 0.151. The number of carbonyl (C=O) groups is 3. The SMILES string of the molecule is C/C=C\C(NC)NCCCC(=O)Nc1ccc(CC(NC=O)C(=O)O)cc1. The predicted octanol–water partition coefficient (Wildman–Crippen LogP) is 0.858. The molecule has 1 aromatic rings. The molecule has 0 aliphatic carbocycles. The van der Waals surface area contributed by atoms with Crippen molar-refractivity contribution in [2.24, 2.45) is 0 Å². The second-order valence-electron chi connectivity index (χ2n) is 5.97. The van der Waals surface area contributed by atoms with E-state index in [2.05, 4.69) is 21.3 Å². The molecule has 8 heteroatoms. The van der Waals surface area contributed by atoms with Gasteiger partial charge in [0.1, 0.15) is 6.04 Å². The summed E-state index contributed by atoms with van der Waals surface area (Å²) in [6, 6.07) is 5.92. The highest BCUT2D eigenvalue weighted by Crippen LogP contribution is 2.12. The standard InChI is InChI=1S/C19H28N4O4/c1-3-5-17(20-2)21-11-4-6-18(25)23-15-9-7-14(8-10-15)12-16(19(26)27)22-13-24/h3,5,7-10,13,16-17,20-21H,4,6,11-12H2,1-2H3,(H,22,24)(H,23,25)(H,26,27)/b5-3-. The molecule has 0 aliphatic rings. The minimum Gasteiger partial charge on any atom is -0.480 e. The Bertz CT molecular complexity index is 631. The van der Waals surface area contributed by atoms with Crippen molar-refractivity contribution in [3.05, 3.63) is 42.0 Å². The Hall–Kier alpha value is -2.71. The van der Waals surface area contributed by atoms with Crippen molar-refractivity contribution in [1.82, 2.24) is 16.0 Å². The van der Waals surface area contributed by atoms with Crippen molar-refractivity contribution in [2.45, 2.75) is 38.4 Å². The highest BCUT2D eigenvalue weighted by molar-refractivity contribution is 5.90. The Morgan fingerprint density at radius 1 is 1.22 bits per heavy atom. The van der Waals surface area contributed by atoms with Crippen molar-refractivity contribution in [3.8, 4) is 0 Å². The minimum atomic E-state index is -1.09.